The average Bonchev–Trinajstić information content (AvgIpc) is 3.14. The molecule has 0 radical (unpaired) electrons. The Labute approximate surface area is 146 Å². The van der Waals surface area contributed by atoms with Crippen molar-refractivity contribution >= 4 is 5.91 Å². The fourth-order valence-corrected chi connectivity index (χ4v) is 3.43. The van der Waals surface area contributed by atoms with Gasteiger partial charge in [-0.05, 0) is 55.9 Å². The minimum Gasteiger partial charge on any atom is -0.340 e. The Morgan fingerprint density at radius 3 is 2.88 bits per heavy atom. The number of hydrogen-bond acceptors (Lipinski definition) is 2. The summed E-state index contributed by atoms with van der Waals surface area (Å²) in [7, 11) is 0. The zero-order valence-corrected chi connectivity index (χ0v) is 14.2. The highest BCUT2D eigenvalue weighted by atomic mass is 19.2. The van der Waals surface area contributed by atoms with Gasteiger partial charge in [-0.1, -0.05) is 6.07 Å². The van der Waals surface area contributed by atoms with Crippen molar-refractivity contribution in [3.05, 3.63) is 53.9 Å². The second kappa shape index (κ2) is 8.23. The molecule has 6 heteroatoms. The summed E-state index contributed by atoms with van der Waals surface area (Å²) in [6.07, 6.45) is 8.49. The highest BCUT2D eigenvalue weighted by molar-refractivity contribution is 5.77. The maximum atomic E-state index is 13.3. The number of aryl methyl sites for hydroxylation is 2. The molecule has 1 aromatic heterocycles. The number of amides is 1. The molecule has 1 aliphatic heterocycles. The first-order valence-electron chi connectivity index (χ1n) is 8.84. The zero-order valence-electron chi connectivity index (χ0n) is 14.2. The maximum absolute atomic E-state index is 13.3. The van der Waals surface area contributed by atoms with Crippen molar-refractivity contribution in [1.82, 2.24) is 14.7 Å². The summed E-state index contributed by atoms with van der Waals surface area (Å²) in [6.45, 7) is 1.57. The number of aromatic nitrogens is 2. The maximum Gasteiger partial charge on any atom is 0.223 e. The lowest BCUT2D eigenvalue weighted by Crippen LogP contribution is -2.44. The summed E-state index contributed by atoms with van der Waals surface area (Å²) < 4.78 is 28.1. The number of hydrogen-bond donors (Lipinski definition) is 0. The zero-order chi connectivity index (χ0) is 17.6. The van der Waals surface area contributed by atoms with Crippen LogP contribution in [-0.2, 0) is 17.8 Å². The predicted molar refractivity (Wildman–Crippen MR) is 90.9 cm³/mol. The van der Waals surface area contributed by atoms with Gasteiger partial charge in [0.1, 0.15) is 0 Å². The summed E-state index contributed by atoms with van der Waals surface area (Å²) in [6, 6.07) is 5.95. The molecule has 2 heterocycles. The third-order valence-corrected chi connectivity index (χ3v) is 4.81. The van der Waals surface area contributed by atoms with Crippen molar-refractivity contribution in [3.63, 3.8) is 0 Å². The van der Waals surface area contributed by atoms with Gasteiger partial charge in [0, 0.05) is 37.9 Å². The molecule has 0 bridgehead atoms. The molecular formula is C19H23F2N3O. The van der Waals surface area contributed by atoms with Crippen LogP contribution in [0.3, 0.4) is 0 Å². The molecule has 25 heavy (non-hydrogen) atoms. The lowest BCUT2D eigenvalue weighted by molar-refractivity contribution is -0.135. The number of halogens is 2. The van der Waals surface area contributed by atoms with E-state index in [-0.39, 0.29) is 11.9 Å². The van der Waals surface area contributed by atoms with Gasteiger partial charge in [-0.3, -0.25) is 9.48 Å². The van der Waals surface area contributed by atoms with E-state index < -0.39 is 11.6 Å². The van der Waals surface area contributed by atoms with Crippen LogP contribution in [0.2, 0.25) is 0 Å². The number of likely N-dealkylation sites (tertiary alicyclic amines) is 1. The van der Waals surface area contributed by atoms with E-state index in [0.717, 1.165) is 44.8 Å². The van der Waals surface area contributed by atoms with Gasteiger partial charge < -0.3 is 4.90 Å². The Morgan fingerprint density at radius 2 is 2.12 bits per heavy atom. The van der Waals surface area contributed by atoms with E-state index in [1.807, 2.05) is 21.8 Å². The Morgan fingerprint density at radius 1 is 1.24 bits per heavy atom. The van der Waals surface area contributed by atoms with E-state index in [2.05, 4.69) is 5.10 Å². The van der Waals surface area contributed by atoms with Gasteiger partial charge in [0.25, 0.3) is 0 Å². The number of piperidine rings is 1. The monoisotopic (exact) mass is 347 g/mol. The normalized spacial score (nSPS) is 17.7. The van der Waals surface area contributed by atoms with Gasteiger partial charge in [0.15, 0.2) is 11.6 Å². The van der Waals surface area contributed by atoms with Gasteiger partial charge >= 0.3 is 0 Å². The van der Waals surface area contributed by atoms with Crippen molar-refractivity contribution < 1.29 is 13.6 Å². The Hall–Kier alpha value is -2.24. The standard InChI is InChI=1S/C19H23F2N3O/c20-17-7-5-15(14-18(17)21)6-8-19(25)24-12-2-1-4-16(24)9-13-23-11-3-10-22-23/h3,5,7,10-11,14,16H,1-2,4,6,8-9,12-13H2/t16-/m1/s1. The minimum absolute atomic E-state index is 0.0925. The SMILES string of the molecule is O=C(CCc1ccc(F)c(F)c1)N1CCCC[C@@H]1CCn1cccn1. The van der Waals surface area contributed by atoms with Gasteiger partial charge in [0.05, 0.1) is 0 Å². The number of benzene rings is 1. The molecule has 134 valence electrons. The molecule has 0 spiro atoms. The highest BCUT2D eigenvalue weighted by Crippen LogP contribution is 2.22. The molecule has 0 N–H and O–H groups in total. The molecule has 1 aromatic carbocycles. The van der Waals surface area contributed by atoms with Gasteiger partial charge in [-0.2, -0.15) is 5.10 Å². The van der Waals surface area contributed by atoms with Gasteiger partial charge in [-0.15, -0.1) is 0 Å². The Kier molecular flexibility index (Phi) is 5.79. The topological polar surface area (TPSA) is 38.1 Å². The highest BCUT2D eigenvalue weighted by Gasteiger charge is 2.26. The van der Waals surface area contributed by atoms with E-state index >= 15 is 0 Å². The molecule has 3 rings (SSSR count). The second-order valence-electron chi connectivity index (χ2n) is 6.54. The first-order chi connectivity index (χ1) is 12.1. The summed E-state index contributed by atoms with van der Waals surface area (Å²) in [5, 5.41) is 4.21. The molecule has 1 atom stereocenters. The third-order valence-electron chi connectivity index (χ3n) is 4.81. The van der Waals surface area contributed by atoms with Gasteiger partial charge in [-0.25, -0.2) is 8.78 Å². The van der Waals surface area contributed by atoms with Crippen molar-refractivity contribution in [2.24, 2.45) is 0 Å². The minimum atomic E-state index is -0.861. The van der Waals surface area contributed by atoms with Crippen molar-refractivity contribution in [3.8, 4) is 0 Å². The van der Waals surface area contributed by atoms with Crippen LogP contribution in [-0.4, -0.2) is 33.2 Å². The molecule has 0 unspecified atom stereocenters. The molecule has 1 saturated heterocycles. The first-order valence-corrected chi connectivity index (χ1v) is 8.84. The molecular weight excluding hydrogens is 324 g/mol. The third kappa shape index (κ3) is 4.65. The van der Waals surface area contributed by atoms with E-state index in [1.54, 1.807) is 6.20 Å². The molecule has 1 fully saturated rings. The lowest BCUT2D eigenvalue weighted by atomic mass is 9.98. The predicted octanol–water partition coefficient (Wildman–Crippen LogP) is 3.57. The fraction of sp³-hybridized carbons (Fsp3) is 0.474. The van der Waals surface area contributed by atoms with E-state index in [1.165, 1.54) is 12.1 Å². The molecule has 4 nitrogen and oxygen atoms in total. The van der Waals surface area contributed by atoms with Crippen LogP contribution in [0.4, 0.5) is 8.78 Å². The molecule has 1 aliphatic rings. The number of nitrogens with zero attached hydrogens (tertiary/aromatic N) is 3. The van der Waals surface area contributed by atoms with Crippen molar-refractivity contribution in [2.45, 2.75) is 51.1 Å². The fourth-order valence-electron chi connectivity index (χ4n) is 3.43. The van der Waals surface area contributed by atoms with Crippen LogP contribution in [0.15, 0.2) is 36.7 Å². The van der Waals surface area contributed by atoms with Crippen LogP contribution < -0.4 is 0 Å². The van der Waals surface area contributed by atoms with Crippen LogP contribution in [0.5, 0.6) is 0 Å². The molecule has 1 amide bonds. The summed E-state index contributed by atoms with van der Waals surface area (Å²) >= 11 is 0. The smallest absolute Gasteiger partial charge is 0.223 e. The van der Waals surface area contributed by atoms with Crippen molar-refractivity contribution in [2.75, 3.05) is 6.54 Å². The lowest BCUT2D eigenvalue weighted by Gasteiger charge is -2.36. The molecule has 0 aliphatic carbocycles. The Bertz CT molecular complexity index is 703. The summed E-state index contributed by atoms with van der Waals surface area (Å²) in [5.41, 5.74) is 0.650. The van der Waals surface area contributed by atoms with Crippen LogP contribution in [0.25, 0.3) is 0 Å². The summed E-state index contributed by atoms with van der Waals surface area (Å²) in [4.78, 5) is 14.6. The average molecular weight is 347 g/mol. The van der Waals surface area contributed by atoms with E-state index in [0.29, 0.717) is 18.4 Å². The van der Waals surface area contributed by atoms with Crippen LogP contribution in [0.1, 0.15) is 37.7 Å². The number of carbonyl (C=O) groups excluding carboxylic acids is 1. The van der Waals surface area contributed by atoms with Gasteiger partial charge in [0.2, 0.25) is 5.91 Å². The largest absolute Gasteiger partial charge is 0.340 e. The first kappa shape index (κ1) is 17.6. The van der Waals surface area contributed by atoms with Crippen LogP contribution in [0, 0.1) is 11.6 Å². The van der Waals surface area contributed by atoms with E-state index in [4.69, 9.17) is 0 Å². The second-order valence-corrected chi connectivity index (χ2v) is 6.54. The van der Waals surface area contributed by atoms with Crippen LogP contribution >= 0.6 is 0 Å². The quantitative estimate of drug-likeness (QED) is 0.801. The summed E-state index contributed by atoms with van der Waals surface area (Å²) in [5.74, 6) is -1.63. The van der Waals surface area contributed by atoms with E-state index in [9.17, 15) is 13.6 Å². The Balaban J connectivity index is 1.55. The number of carbonyl (C=O) groups is 1. The molecule has 0 saturated carbocycles. The number of rotatable bonds is 6. The van der Waals surface area contributed by atoms with Crippen molar-refractivity contribution in [1.29, 1.82) is 0 Å². The molecule has 2 aromatic rings.